The molecule has 1 aliphatic rings. The summed E-state index contributed by atoms with van der Waals surface area (Å²) in [5.41, 5.74) is 0.354. The third-order valence-corrected chi connectivity index (χ3v) is 2.60. The van der Waals surface area contributed by atoms with E-state index in [0.29, 0.717) is 5.57 Å². The minimum atomic E-state index is -0.332. The van der Waals surface area contributed by atoms with Crippen molar-refractivity contribution in [1.82, 2.24) is 0 Å². The van der Waals surface area contributed by atoms with E-state index in [1.165, 1.54) is 6.42 Å². The van der Waals surface area contributed by atoms with Crippen molar-refractivity contribution in [1.29, 1.82) is 0 Å². The molecule has 0 bridgehead atoms. The van der Waals surface area contributed by atoms with E-state index in [4.69, 9.17) is 16.3 Å². The number of esters is 1. The van der Waals surface area contributed by atoms with Crippen molar-refractivity contribution in [3.63, 3.8) is 0 Å². The Hall–Kier alpha value is -0.500. The van der Waals surface area contributed by atoms with Crippen LogP contribution in [0, 0.1) is 0 Å². The molecule has 74 valence electrons. The van der Waals surface area contributed by atoms with Gasteiger partial charge in [-0.2, -0.15) is 0 Å². The fourth-order valence-corrected chi connectivity index (χ4v) is 1.58. The Morgan fingerprint density at radius 2 is 2.00 bits per heavy atom. The second-order valence-electron chi connectivity index (χ2n) is 3.40. The summed E-state index contributed by atoms with van der Waals surface area (Å²) in [4.78, 5) is 11.2. The maximum Gasteiger partial charge on any atom is 0.334 e. The summed E-state index contributed by atoms with van der Waals surface area (Å²) in [5.74, 6) is -0.173. The Bertz CT molecular complexity index is 195. The quantitative estimate of drug-likeness (QED) is 0.400. The molecule has 0 aromatic carbocycles. The first-order valence-corrected chi connectivity index (χ1v) is 5.22. The zero-order valence-electron chi connectivity index (χ0n) is 7.72. The van der Waals surface area contributed by atoms with E-state index >= 15 is 0 Å². The lowest BCUT2D eigenvalue weighted by Crippen LogP contribution is -2.21. The summed E-state index contributed by atoms with van der Waals surface area (Å²) in [6, 6.07) is 0. The largest absolute Gasteiger partial charge is 0.459 e. The smallest absolute Gasteiger partial charge is 0.334 e. The highest BCUT2D eigenvalue weighted by Crippen LogP contribution is 2.21. The zero-order chi connectivity index (χ0) is 9.68. The van der Waals surface area contributed by atoms with E-state index in [1.807, 2.05) is 0 Å². The molecule has 0 aromatic heterocycles. The normalized spacial score (nSPS) is 18.2. The third kappa shape index (κ3) is 3.39. The first-order chi connectivity index (χ1) is 6.24. The standard InChI is InChI=1S/C10H15ClO2/c1-8(7-11)10(12)13-9-5-3-2-4-6-9/h9H,1-7H2. The van der Waals surface area contributed by atoms with E-state index in [1.54, 1.807) is 0 Å². The molecule has 0 aromatic rings. The Kier molecular flexibility index (Phi) is 4.29. The van der Waals surface area contributed by atoms with Crippen LogP contribution in [0.4, 0.5) is 0 Å². The zero-order valence-corrected chi connectivity index (χ0v) is 8.48. The molecule has 0 saturated heterocycles. The molecule has 3 heteroatoms. The maximum absolute atomic E-state index is 11.2. The van der Waals surface area contributed by atoms with Gasteiger partial charge in [-0.3, -0.25) is 0 Å². The predicted molar refractivity (Wildman–Crippen MR) is 52.8 cm³/mol. The molecule has 0 unspecified atom stereocenters. The van der Waals surface area contributed by atoms with Gasteiger partial charge in [0.1, 0.15) is 6.10 Å². The van der Waals surface area contributed by atoms with Crippen LogP contribution in [-0.4, -0.2) is 18.0 Å². The summed E-state index contributed by atoms with van der Waals surface area (Å²) in [7, 11) is 0. The van der Waals surface area contributed by atoms with Gasteiger partial charge in [-0.1, -0.05) is 13.0 Å². The Morgan fingerprint density at radius 1 is 1.38 bits per heavy atom. The van der Waals surface area contributed by atoms with E-state index in [0.717, 1.165) is 25.7 Å². The maximum atomic E-state index is 11.2. The molecular weight excluding hydrogens is 188 g/mol. The van der Waals surface area contributed by atoms with Gasteiger partial charge in [0, 0.05) is 5.57 Å². The number of carbonyl (C=O) groups is 1. The van der Waals surface area contributed by atoms with E-state index < -0.39 is 0 Å². The number of ether oxygens (including phenoxy) is 1. The van der Waals surface area contributed by atoms with Crippen molar-refractivity contribution in [3.05, 3.63) is 12.2 Å². The van der Waals surface area contributed by atoms with Crippen LogP contribution in [0.1, 0.15) is 32.1 Å². The van der Waals surface area contributed by atoms with Gasteiger partial charge in [0.05, 0.1) is 5.88 Å². The second-order valence-corrected chi connectivity index (χ2v) is 3.67. The molecule has 0 atom stereocenters. The summed E-state index contributed by atoms with van der Waals surface area (Å²) in [6.07, 6.45) is 5.64. The molecule has 2 nitrogen and oxygen atoms in total. The summed E-state index contributed by atoms with van der Waals surface area (Å²) < 4.78 is 5.22. The van der Waals surface area contributed by atoms with Gasteiger partial charge in [-0.15, -0.1) is 11.6 Å². The first kappa shape index (κ1) is 10.6. The summed E-state index contributed by atoms with van der Waals surface area (Å²) in [6.45, 7) is 3.53. The molecule has 0 heterocycles. The number of alkyl halides is 1. The van der Waals surface area contributed by atoms with Gasteiger partial charge in [0.2, 0.25) is 0 Å². The minimum Gasteiger partial charge on any atom is -0.459 e. The number of hydrogen-bond acceptors (Lipinski definition) is 2. The monoisotopic (exact) mass is 202 g/mol. The van der Waals surface area contributed by atoms with Crippen LogP contribution in [0.5, 0.6) is 0 Å². The van der Waals surface area contributed by atoms with Gasteiger partial charge in [-0.25, -0.2) is 4.79 Å². The van der Waals surface area contributed by atoms with Crippen molar-refractivity contribution in [3.8, 4) is 0 Å². The van der Waals surface area contributed by atoms with E-state index in [-0.39, 0.29) is 18.0 Å². The van der Waals surface area contributed by atoms with Crippen molar-refractivity contribution in [2.24, 2.45) is 0 Å². The molecule has 0 aliphatic heterocycles. The molecule has 0 N–H and O–H groups in total. The average Bonchev–Trinajstić information content (AvgIpc) is 2.18. The lowest BCUT2D eigenvalue weighted by Gasteiger charge is -2.21. The predicted octanol–water partition coefficient (Wildman–Crippen LogP) is 2.66. The number of hydrogen-bond donors (Lipinski definition) is 0. The van der Waals surface area contributed by atoms with Gasteiger partial charge in [0.25, 0.3) is 0 Å². The molecule has 13 heavy (non-hydrogen) atoms. The van der Waals surface area contributed by atoms with E-state index in [9.17, 15) is 4.79 Å². The van der Waals surface area contributed by atoms with Crippen molar-refractivity contribution in [2.75, 3.05) is 5.88 Å². The van der Waals surface area contributed by atoms with Gasteiger partial charge < -0.3 is 4.74 Å². The SMILES string of the molecule is C=C(CCl)C(=O)OC1CCCCC1. The number of carbonyl (C=O) groups excluding carboxylic acids is 1. The molecular formula is C10H15ClO2. The lowest BCUT2D eigenvalue weighted by molar-refractivity contribution is -0.145. The molecule has 0 radical (unpaired) electrons. The average molecular weight is 203 g/mol. The van der Waals surface area contributed by atoms with Crippen molar-refractivity contribution < 1.29 is 9.53 Å². The molecule has 1 saturated carbocycles. The Labute approximate surface area is 83.9 Å². The highest BCUT2D eigenvalue weighted by atomic mass is 35.5. The fraction of sp³-hybridized carbons (Fsp3) is 0.700. The molecule has 1 aliphatic carbocycles. The highest BCUT2D eigenvalue weighted by molar-refractivity contribution is 6.22. The van der Waals surface area contributed by atoms with Crippen molar-refractivity contribution >= 4 is 17.6 Å². The van der Waals surface area contributed by atoms with E-state index in [2.05, 4.69) is 6.58 Å². The summed E-state index contributed by atoms with van der Waals surface area (Å²) >= 11 is 5.46. The molecule has 1 fully saturated rings. The number of halogens is 1. The van der Waals surface area contributed by atoms with Gasteiger partial charge >= 0.3 is 5.97 Å². The third-order valence-electron chi connectivity index (χ3n) is 2.28. The minimum absolute atomic E-state index is 0.0983. The van der Waals surface area contributed by atoms with Crippen molar-refractivity contribution in [2.45, 2.75) is 38.2 Å². The molecule has 1 rings (SSSR count). The second kappa shape index (κ2) is 5.28. The van der Waals surface area contributed by atoms with Gasteiger partial charge in [-0.05, 0) is 25.7 Å². The fourth-order valence-electron chi connectivity index (χ4n) is 1.47. The highest BCUT2D eigenvalue weighted by Gasteiger charge is 2.18. The van der Waals surface area contributed by atoms with Crippen LogP contribution >= 0.6 is 11.6 Å². The first-order valence-electron chi connectivity index (χ1n) is 4.68. The van der Waals surface area contributed by atoms with Gasteiger partial charge in [0.15, 0.2) is 0 Å². The molecule has 0 amide bonds. The lowest BCUT2D eigenvalue weighted by atomic mass is 9.98. The van der Waals surface area contributed by atoms with Crippen LogP contribution in [0.3, 0.4) is 0 Å². The van der Waals surface area contributed by atoms with Crippen LogP contribution < -0.4 is 0 Å². The summed E-state index contributed by atoms with van der Waals surface area (Å²) in [5, 5.41) is 0. The van der Waals surface area contributed by atoms with Crippen LogP contribution in [0.25, 0.3) is 0 Å². The topological polar surface area (TPSA) is 26.3 Å². The molecule has 0 spiro atoms. The number of rotatable bonds is 3. The Morgan fingerprint density at radius 3 is 2.54 bits per heavy atom. The van der Waals surface area contributed by atoms with Crippen LogP contribution in [0.2, 0.25) is 0 Å². The Balaban J connectivity index is 2.30. The van der Waals surface area contributed by atoms with Crippen LogP contribution in [-0.2, 0) is 9.53 Å². The van der Waals surface area contributed by atoms with Crippen LogP contribution in [0.15, 0.2) is 12.2 Å².